The van der Waals surface area contributed by atoms with Crippen LogP contribution in [0.3, 0.4) is 0 Å². The number of nitrogens with zero attached hydrogens (tertiary/aromatic N) is 1. The summed E-state index contributed by atoms with van der Waals surface area (Å²) in [6, 6.07) is 0. The third-order valence-corrected chi connectivity index (χ3v) is 2.85. The molecule has 15 heavy (non-hydrogen) atoms. The summed E-state index contributed by atoms with van der Waals surface area (Å²) in [5.41, 5.74) is 0. The van der Waals surface area contributed by atoms with E-state index in [1.54, 1.807) is 11.9 Å². The lowest BCUT2D eigenvalue weighted by Crippen LogP contribution is -2.38. The van der Waals surface area contributed by atoms with Crippen LogP contribution in [0, 0.1) is 5.92 Å². The molecule has 0 unspecified atom stereocenters. The topological polar surface area (TPSA) is 49.4 Å². The molecule has 1 aliphatic heterocycles. The highest BCUT2D eigenvalue weighted by atomic mass is 16.2. The van der Waals surface area contributed by atoms with E-state index in [0.717, 1.165) is 25.9 Å². The lowest BCUT2D eigenvalue weighted by molar-refractivity contribution is -0.127. The predicted octanol–water partition coefficient (Wildman–Crippen LogP) is 0.547. The van der Waals surface area contributed by atoms with E-state index in [0.29, 0.717) is 12.3 Å². The highest BCUT2D eigenvalue weighted by Crippen LogP contribution is 2.20. The Morgan fingerprint density at radius 3 is 2.53 bits per heavy atom. The van der Waals surface area contributed by atoms with E-state index >= 15 is 0 Å². The average molecular weight is 210 g/mol. The zero-order chi connectivity index (χ0) is 11.3. The molecular weight excluding hydrogens is 192 g/mol. The van der Waals surface area contributed by atoms with Crippen molar-refractivity contribution in [3.63, 3.8) is 0 Å². The zero-order valence-corrected chi connectivity index (χ0v) is 9.16. The first-order valence-corrected chi connectivity index (χ1v) is 5.29. The Hall–Kier alpha value is -1.32. The van der Waals surface area contributed by atoms with E-state index < -0.39 is 0 Å². The van der Waals surface area contributed by atoms with Crippen LogP contribution in [0.1, 0.15) is 19.3 Å². The normalized spacial score (nSPS) is 17.3. The van der Waals surface area contributed by atoms with Crippen LogP contribution >= 0.6 is 0 Å². The van der Waals surface area contributed by atoms with Crippen molar-refractivity contribution in [2.24, 2.45) is 5.92 Å². The SMILES string of the molecule is C=CC(=O)N1CCC(CC(=O)NC)CC1. The van der Waals surface area contributed by atoms with Crippen molar-refractivity contribution in [2.75, 3.05) is 20.1 Å². The number of amides is 2. The summed E-state index contributed by atoms with van der Waals surface area (Å²) in [4.78, 5) is 24.2. The van der Waals surface area contributed by atoms with Crippen LogP contribution in [0.15, 0.2) is 12.7 Å². The van der Waals surface area contributed by atoms with Gasteiger partial charge in [-0.3, -0.25) is 9.59 Å². The first-order valence-electron chi connectivity index (χ1n) is 5.29. The van der Waals surface area contributed by atoms with Crippen molar-refractivity contribution >= 4 is 11.8 Å². The van der Waals surface area contributed by atoms with Gasteiger partial charge in [-0.25, -0.2) is 0 Å². The Labute approximate surface area is 90.3 Å². The molecule has 0 saturated carbocycles. The summed E-state index contributed by atoms with van der Waals surface area (Å²) in [5, 5.41) is 2.62. The molecule has 1 N–H and O–H groups in total. The van der Waals surface area contributed by atoms with Gasteiger partial charge in [0.25, 0.3) is 0 Å². The van der Waals surface area contributed by atoms with Crippen molar-refractivity contribution < 1.29 is 9.59 Å². The van der Waals surface area contributed by atoms with Gasteiger partial charge in [-0.1, -0.05) is 6.58 Å². The molecule has 0 aromatic heterocycles. The number of hydrogen-bond donors (Lipinski definition) is 1. The fraction of sp³-hybridized carbons (Fsp3) is 0.636. The van der Waals surface area contributed by atoms with Gasteiger partial charge in [-0.15, -0.1) is 0 Å². The van der Waals surface area contributed by atoms with Gasteiger partial charge in [0.2, 0.25) is 11.8 Å². The van der Waals surface area contributed by atoms with Crippen LogP contribution < -0.4 is 5.32 Å². The van der Waals surface area contributed by atoms with Gasteiger partial charge < -0.3 is 10.2 Å². The number of hydrogen-bond acceptors (Lipinski definition) is 2. The van der Waals surface area contributed by atoms with E-state index in [-0.39, 0.29) is 11.8 Å². The number of piperidine rings is 1. The lowest BCUT2D eigenvalue weighted by atomic mass is 9.93. The molecule has 0 radical (unpaired) electrons. The molecule has 0 atom stereocenters. The maximum absolute atomic E-state index is 11.3. The molecule has 1 heterocycles. The fourth-order valence-corrected chi connectivity index (χ4v) is 1.85. The third-order valence-electron chi connectivity index (χ3n) is 2.85. The second-order valence-corrected chi connectivity index (χ2v) is 3.85. The molecule has 84 valence electrons. The molecule has 0 bridgehead atoms. The highest BCUT2D eigenvalue weighted by Gasteiger charge is 2.22. The summed E-state index contributed by atoms with van der Waals surface area (Å²) in [5.74, 6) is 0.496. The van der Waals surface area contributed by atoms with E-state index in [1.165, 1.54) is 6.08 Å². The standard InChI is InChI=1S/C11H18N2O2/c1-3-11(15)13-6-4-9(5-7-13)8-10(14)12-2/h3,9H,1,4-8H2,2H3,(H,12,14). The lowest BCUT2D eigenvalue weighted by Gasteiger charge is -2.30. The van der Waals surface area contributed by atoms with E-state index in [4.69, 9.17) is 0 Å². The van der Waals surface area contributed by atoms with Gasteiger partial charge >= 0.3 is 0 Å². The van der Waals surface area contributed by atoms with Crippen LogP contribution in [-0.4, -0.2) is 36.9 Å². The van der Waals surface area contributed by atoms with Crippen LogP contribution in [0.25, 0.3) is 0 Å². The highest BCUT2D eigenvalue weighted by molar-refractivity contribution is 5.87. The summed E-state index contributed by atoms with van der Waals surface area (Å²) < 4.78 is 0. The number of nitrogens with one attached hydrogen (secondary N) is 1. The summed E-state index contributed by atoms with van der Waals surface area (Å²) >= 11 is 0. The van der Waals surface area contributed by atoms with Gasteiger partial charge in [0.1, 0.15) is 0 Å². The second kappa shape index (κ2) is 5.53. The maximum atomic E-state index is 11.3. The molecule has 0 spiro atoms. The third kappa shape index (κ3) is 3.38. The molecule has 0 aromatic carbocycles. The van der Waals surface area contributed by atoms with Crippen molar-refractivity contribution in [2.45, 2.75) is 19.3 Å². The second-order valence-electron chi connectivity index (χ2n) is 3.85. The molecular formula is C11H18N2O2. The first-order chi connectivity index (χ1) is 7.17. The molecule has 1 saturated heterocycles. The Kier molecular flexibility index (Phi) is 4.34. The largest absolute Gasteiger partial charge is 0.359 e. The Bertz CT molecular complexity index is 255. The number of carbonyl (C=O) groups excluding carboxylic acids is 2. The molecule has 2 amide bonds. The Morgan fingerprint density at radius 2 is 2.07 bits per heavy atom. The molecule has 1 aliphatic rings. The molecule has 4 heteroatoms. The minimum Gasteiger partial charge on any atom is -0.359 e. The molecule has 4 nitrogen and oxygen atoms in total. The minimum absolute atomic E-state index is 0.00612. The Morgan fingerprint density at radius 1 is 1.47 bits per heavy atom. The Balaban J connectivity index is 2.32. The van der Waals surface area contributed by atoms with E-state index in [1.807, 2.05) is 0 Å². The van der Waals surface area contributed by atoms with Crippen molar-refractivity contribution in [1.82, 2.24) is 10.2 Å². The zero-order valence-electron chi connectivity index (χ0n) is 9.16. The molecule has 1 fully saturated rings. The van der Waals surface area contributed by atoms with Crippen LogP contribution in [0.5, 0.6) is 0 Å². The summed E-state index contributed by atoms with van der Waals surface area (Å²) in [6.07, 6.45) is 3.74. The van der Waals surface area contributed by atoms with Crippen LogP contribution in [-0.2, 0) is 9.59 Å². The maximum Gasteiger partial charge on any atom is 0.245 e. The first kappa shape index (κ1) is 11.8. The summed E-state index contributed by atoms with van der Waals surface area (Å²) in [6.45, 7) is 4.95. The quantitative estimate of drug-likeness (QED) is 0.691. The predicted molar refractivity (Wildman–Crippen MR) is 58.2 cm³/mol. The van der Waals surface area contributed by atoms with Gasteiger partial charge in [0.15, 0.2) is 0 Å². The summed E-state index contributed by atoms with van der Waals surface area (Å²) in [7, 11) is 1.65. The van der Waals surface area contributed by atoms with E-state index in [9.17, 15) is 9.59 Å². The van der Waals surface area contributed by atoms with Crippen LogP contribution in [0.4, 0.5) is 0 Å². The monoisotopic (exact) mass is 210 g/mol. The molecule has 0 aliphatic carbocycles. The number of rotatable bonds is 3. The van der Waals surface area contributed by atoms with Gasteiger partial charge in [-0.05, 0) is 24.8 Å². The van der Waals surface area contributed by atoms with Gasteiger partial charge in [-0.2, -0.15) is 0 Å². The molecule has 0 aromatic rings. The van der Waals surface area contributed by atoms with Crippen LogP contribution in [0.2, 0.25) is 0 Å². The van der Waals surface area contributed by atoms with Gasteiger partial charge in [0.05, 0.1) is 0 Å². The number of likely N-dealkylation sites (tertiary alicyclic amines) is 1. The minimum atomic E-state index is -0.00612. The van der Waals surface area contributed by atoms with E-state index in [2.05, 4.69) is 11.9 Å². The van der Waals surface area contributed by atoms with Gasteiger partial charge in [0, 0.05) is 26.6 Å². The smallest absolute Gasteiger partial charge is 0.245 e. The van der Waals surface area contributed by atoms with Crippen molar-refractivity contribution in [1.29, 1.82) is 0 Å². The molecule has 1 rings (SSSR count). The average Bonchev–Trinajstić information content (AvgIpc) is 2.29. The number of carbonyl (C=O) groups is 2. The van der Waals surface area contributed by atoms with Crippen molar-refractivity contribution in [3.05, 3.63) is 12.7 Å². The van der Waals surface area contributed by atoms with Crippen molar-refractivity contribution in [3.8, 4) is 0 Å². The fourth-order valence-electron chi connectivity index (χ4n) is 1.85.